The highest BCUT2D eigenvalue weighted by Gasteiger charge is 2.10. The predicted octanol–water partition coefficient (Wildman–Crippen LogP) is 3.36. The lowest BCUT2D eigenvalue weighted by Crippen LogP contribution is -2.11. The Morgan fingerprint density at radius 1 is 1.26 bits per heavy atom. The van der Waals surface area contributed by atoms with Crippen LogP contribution in [0, 0.1) is 0 Å². The number of hydrogen-bond donors (Lipinski definition) is 1. The van der Waals surface area contributed by atoms with E-state index < -0.39 is 10.3 Å². The van der Waals surface area contributed by atoms with Crippen LogP contribution in [0.4, 0.5) is 4.79 Å². The Labute approximate surface area is 125 Å². The molecule has 0 aromatic heterocycles. The standard InChI is InChI=1S/C13H15IO5/c14-11(19-13(16)17)7-4-8-12(15)18-9-10-5-2-1-3-6-10/h1-3,5-6,11H,4,7-9H2,(H,16,17). The first-order valence-electron chi connectivity index (χ1n) is 5.81. The Morgan fingerprint density at radius 2 is 1.95 bits per heavy atom. The van der Waals surface area contributed by atoms with Crippen molar-refractivity contribution >= 4 is 34.7 Å². The van der Waals surface area contributed by atoms with Crippen LogP contribution in [0.2, 0.25) is 0 Å². The second-order valence-corrected chi connectivity index (χ2v) is 5.22. The first kappa shape index (κ1) is 15.7. The lowest BCUT2D eigenvalue weighted by Gasteiger charge is -2.08. The summed E-state index contributed by atoms with van der Waals surface area (Å²) >= 11 is 1.88. The quantitative estimate of drug-likeness (QED) is 0.448. The fourth-order valence-electron chi connectivity index (χ4n) is 1.39. The van der Waals surface area contributed by atoms with E-state index in [1.807, 2.05) is 52.9 Å². The molecule has 0 saturated heterocycles. The van der Waals surface area contributed by atoms with E-state index in [2.05, 4.69) is 4.74 Å². The number of rotatable bonds is 7. The molecule has 0 bridgehead atoms. The van der Waals surface area contributed by atoms with Crippen molar-refractivity contribution in [3.63, 3.8) is 0 Å². The van der Waals surface area contributed by atoms with Gasteiger partial charge in [0, 0.05) is 6.42 Å². The van der Waals surface area contributed by atoms with Crippen LogP contribution >= 0.6 is 22.6 Å². The molecule has 1 atom stereocenters. The number of ether oxygens (including phenoxy) is 2. The molecule has 1 rings (SSSR count). The molecule has 0 aliphatic carbocycles. The van der Waals surface area contributed by atoms with Gasteiger partial charge < -0.3 is 14.6 Å². The lowest BCUT2D eigenvalue weighted by atomic mass is 10.2. The smallest absolute Gasteiger partial charge is 0.461 e. The van der Waals surface area contributed by atoms with Gasteiger partial charge in [-0.2, -0.15) is 0 Å². The first-order valence-corrected chi connectivity index (χ1v) is 7.05. The number of benzene rings is 1. The minimum atomic E-state index is -1.30. The molecule has 1 unspecified atom stereocenters. The molecule has 0 fully saturated rings. The van der Waals surface area contributed by atoms with Gasteiger partial charge in [0.2, 0.25) is 0 Å². The van der Waals surface area contributed by atoms with Gasteiger partial charge >= 0.3 is 12.1 Å². The minimum Gasteiger partial charge on any atom is -0.461 e. The molecule has 1 aromatic rings. The number of esters is 1. The molecular formula is C13H15IO5. The predicted molar refractivity (Wildman–Crippen MR) is 77.0 cm³/mol. The molecule has 19 heavy (non-hydrogen) atoms. The molecule has 104 valence electrons. The van der Waals surface area contributed by atoms with Crippen molar-refractivity contribution in [2.24, 2.45) is 0 Å². The molecular weight excluding hydrogens is 363 g/mol. The Hall–Kier alpha value is -1.31. The Balaban J connectivity index is 2.13. The maximum Gasteiger partial charge on any atom is 0.506 e. The van der Waals surface area contributed by atoms with E-state index in [-0.39, 0.29) is 19.0 Å². The van der Waals surface area contributed by atoms with Crippen molar-refractivity contribution in [3.8, 4) is 0 Å². The monoisotopic (exact) mass is 378 g/mol. The maximum atomic E-state index is 11.4. The zero-order valence-corrected chi connectivity index (χ0v) is 12.4. The van der Waals surface area contributed by atoms with Crippen molar-refractivity contribution in [1.29, 1.82) is 0 Å². The van der Waals surface area contributed by atoms with Crippen molar-refractivity contribution in [2.75, 3.05) is 0 Å². The number of carbonyl (C=O) groups excluding carboxylic acids is 1. The van der Waals surface area contributed by atoms with Crippen LogP contribution in [-0.2, 0) is 20.9 Å². The molecule has 0 saturated carbocycles. The third-order valence-electron chi connectivity index (χ3n) is 2.28. The van der Waals surface area contributed by atoms with Gasteiger partial charge in [-0.15, -0.1) is 0 Å². The molecule has 0 radical (unpaired) electrons. The van der Waals surface area contributed by atoms with Gasteiger partial charge in [-0.3, -0.25) is 4.79 Å². The Bertz CT molecular complexity index is 407. The molecule has 1 aromatic carbocycles. The van der Waals surface area contributed by atoms with Crippen molar-refractivity contribution in [3.05, 3.63) is 35.9 Å². The van der Waals surface area contributed by atoms with Gasteiger partial charge in [-0.1, -0.05) is 30.3 Å². The molecule has 0 heterocycles. The fourth-order valence-corrected chi connectivity index (χ4v) is 2.04. The maximum absolute atomic E-state index is 11.4. The van der Waals surface area contributed by atoms with Gasteiger partial charge in [0.15, 0.2) is 4.11 Å². The summed E-state index contributed by atoms with van der Waals surface area (Å²) in [5.41, 5.74) is 0.942. The molecule has 0 aliphatic heterocycles. The van der Waals surface area contributed by atoms with Crippen molar-refractivity contribution < 1.29 is 24.2 Å². The van der Waals surface area contributed by atoms with Crippen molar-refractivity contribution in [2.45, 2.75) is 30.0 Å². The zero-order valence-electron chi connectivity index (χ0n) is 10.3. The number of carbonyl (C=O) groups is 2. The normalized spacial score (nSPS) is 11.6. The van der Waals surface area contributed by atoms with E-state index in [9.17, 15) is 9.59 Å². The highest BCUT2D eigenvalue weighted by atomic mass is 127. The van der Waals surface area contributed by atoms with Gasteiger partial charge in [0.25, 0.3) is 0 Å². The Morgan fingerprint density at radius 3 is 2.58 bits per heavy atom. The summed E-state index contributed by atoms with van der Waals surface area (Å²) in [5, 5.41) is 8.38. The first-order chi connectivity index (χ1) is 9.08. The number of hydrogen-bond acceptors (Lipinski definition) is 4. The van der Waals surface area contributed by atoms with Crippen molar-refractivity contribution in [1.82, 2.24) is 0 Å². The van der Waals surface area contributed by atoms with E-state index in [1.165, 1.54) is 0 Å². The lowest BCUT2D eigenvalue weighted by molar-refractivity contribution is -0.145. The second-order valence-electron chi connectivity index (χ2n) is 3.83. The summed E-state index contributed by atoms with van der Waals surface area (Å²) in [6.45, 7) is 0.263. The average Bonchev–Trinajstić information content (AvgIpc) is 2.36. The SMILES string of the molecule is O=C(O)OC(I)CCCC(=O)OCc1ccccc1. The molecule has 5 nitrogen and oxygen atoms in total. The van der Waals surface area contributed by atoms with Crippen LogP contribution in [0.25, 0.3) is 0 Å². The molecule has 1 N–H and O–H groups in total. The minimum absolute atomic E-state index is 0.259. The van der Waals surface area contributed by atoms with Crippen LogP contribution < -0.4 is 0 Å². The van der Waals surface area contributed by atoms with Gasteiger partial charge in [0.05, 0.1) is 0 Å². The highest BCUT2D eigenvalue weighted by molar-refractivity contribution is 14.1. The van der Waals surface area contributed by atoms with Crippen LogP contribution in [0.5, 0.6) is 0 Å². The number of alkyl halides is 1. The zero-order chi connectivity index (χ0) is 14.1. The van der Waals surface area contributed by atoms with Gasteiger partial charge in [-0.05, 0) is 41.0 Å². The summed E-state index contributed by atoms with van der Waals surface area (Å²) in [6, 6.07) is 9.43. The highest BCUT2D eigenvalue weighted by Crippen LogP contribution is 2.13. The Kier molecular flexibility index (Phi) is 7.24. The van der Waals surface area contributed by atoms with Crippen LogP contribution in [0.15, 0.2) is 30.3 Å². The van der Waals surface area contributed by atoms with E-state index in [1.54, 1.807) is 0 Å². The molecule has 0 amide bonds. The van der Waals surface area contributed by atoms with E-state index in [4.69, 9.17) is 9.84 Å². The summed E-state index contributed by atoms with van der Waals surface area (Å²) in [7, 11) is 0. The van der Waals surface area contributed by atoms with E-state index in [0.29, 0.717) is 12.8 Å². The third kappa shape index (κ3) is 7.66. The molecule has 6 heteroatoms. The number of halogens is 1. The summed E-state index contributed by atoms with van der Waals surface area (Å²) < 4.78 is 9.17. The third-order valence-corrected chi connectivity index (χ3v) is 3.16. The summed E-state index contributed by atoms with van der Waals surface area (Å²) in [5.74, 6) is -0.289. The van der Waals surface area contributed by atoms with Gasteiger partial charge in [-0.25, -0.2) is 4.79 Å². The molecule has 0 spiro atoms. The number of carboxylic acid groups (broad SMARTS) is 1. The van der Waals surface area contributed by atoms with E-state index >= 15 is 0 Å². The van der Waals surface area contributed by atoms with Crippen LogP contribution in [0.1, 0.15) is 24.8 Å². The largest absolute Gasteiger partial charge is 0.506 e. The van der Waals surface area contributed by atoms with Crippen LogP contribution in [-0.4, -0.2) is 21.3 Å². The van der Waals surface area contributed by atoms with Crippen LogP contribution in [0.3, 0.4) is 0 Å². The fraction of sp³-hybridized carbons (Fsp3) is 0.385. The van der Waals surface area contributed by atoms with Gasteiger partial charge in [0.1, 0.15) is 6.61 Å². The second kappa shape index (κ2) is 8.73. The summed E-state index contributed by atoms with van der Waals surface area (Å²) in [6.07, 6.45) is -0.0111. The van der Waals surface area contributed by atoms with E-state index in [0.717, 1.165) is 5.56 Å². The average molecular weight is 378 g/mol. The topological polar surface area (TPSA) is 72.8 Å². The molecule has 0 aliphatic rings. The summed E-state index contributed by atoms with van der Waals surface area (Å²) in [4.78, 5) is 21.7.